The van der Waals surface area contributed by atoms with Crippen LogP contribution in [0.1, 0.15) is 40.7 Å². The molecule has 0 bridgehead atoms. The number of benzene rings is 3. The highest BCUT2D eigenvalue weighted by Gasteiger charge is 2.41. The Balaban J connectivity index is 1.49. The molecule has 6 heteroatoms. The summed E-state index contributed by atoms with van der Waals surface area (Å²) in [6.45, 7) is 3.03. The first-order valence-electron chi connectivity index (χ1n) is 11.1. The highest BCUT2D eigenvalue weighted by Crippen LogP contribution is 2.45. The SMILES string of the molecule is Cc1ccc2c(c1)CCCN2c1ccc2c3c(cccc13)N(C1CCC(=O)NC1=O)C2=O. The van der Waals surface area contributed by atoms with Gasteiger partial charge < -0.3 is 4.90 Å². The first-order chi connectivity index (χ1) is 15.5. The molecule has 1 N–H and O–H groups in total. The van der Waals surface area contributed by atoms with Crippen LogP contribution in [0.4, 0.5) is 17.1 Å². The lowest BCUT2D eigenvalue weighted by Gasteiger charge is -2.32. The molecule has 6 nitrogen and oxygen atoms in total. The van der Waals surface area contributed by atoms with Crippen LogP contribution in [0.5, 0.6) is 0 Å². The number of amides is 3. The summed E-state index contributed by atoms with van der Waals surface area (Å²) in [6, 6.07) is 15.7. The first kappa shape index (κ1) is 19.0. The Morgan fingerprint density at radius 1 is 0.938 bits per heavy atom. The van der Waals surface area contributed by atoms with Gasteiger partial charge >= 0.3 is 0 Å². The van der Waals surface area contributed by atoms with Crippen LogP contribution >= 0.6 is 0 Å². The molecule has 3 aromatic rings. The average Bonchev–Trinajstić information content (AvgIpc) is 3.07. The Bertz CT molecular complexity index is 1330. The van der Waals surface area contributed by atoms with Gasteiger partial charge in [-0.15, -0.1) is 0 Å². The maximum atomic E-state index is 13.4. The van der Waals surface area contributed by atoms with E-state index < -0.39 is 11.9 Å². The fraction of sp³-hybridized carbons (Fsp3) is 0.269. The molecule has 3 aliphatic heterocycles. The number of anilines is 3. The number of carbonyl (C=O) groups is 3. The lowest BCUT2D eigenvalue weighted by Crippen LogP contribution is -2.53. The zero-order valence-corrected chi connectivity index (χ0v) is 17.9. The van der Waals surface area contributed by atoms with Crippen LogP contribution in [0.25, 0.3) is 10.8 Å². The van der Waals surface area contributed by atoms with Crippen molar-refractivity contribution in [2.24, 2.45) is 0 Å². The summed E-state index contributed by atoms with van der Waals surface area (Å²) in [4.78, 5) is 41.5. The number of piperidine rings is 1. The Morgan fingerprint density at radius 3 is 2.62 bits per heavy atom. The van der Waals surface area contributed by atoms with Crippen LogP contribution in [-0.4, -0.2) is 30.3 Å². The molecule has 0 radical (unpaired) electrons. The highest BCUT2D eigenvalue weighted by molar-refractivity contribution is 6.28. The van der Waals surface area contributed by atoms with Gasteiger partial charge in [-0.1, -0.05) is 29.8 Å². The lowest BCUT2D eigenvalue weighted by atomic mass is 9.97. The van der Waals surface area contributed by atoms with Crippen LogP contribution in [0.15, 0.2) is 48.5 Å². The average molecular weight is 425 g/mol. The van der Waals surface area contributed by atoms with E-state index in [2.05, 4.69) is 41.4 Å². The van der Waals surface area contributed by atoms with Crippen molar-refractivity contribution in [1.82, 2.24) is 5.32 Å². The number of rotatable bonds is 2. The molecular formula is C26H23N3O3. The van der Waals surface area contributed by atoms with E-state index >= 15 is 0 Å². The summed E-state index contributed by atoms with van der Waals surface area (Å²) in [5, 5.41) is 4.28. The molecule has 3 aromatic carbocycles. The van der Waals surface area contributed by atoms with E-state index in [1.165, 1.54) is 16.8 Å². The van der Waals surface area contributed by atoms with Crippen molar-refractivity contribution in [2.75, 3.05) is 16.3 Å². The van der Waals surface area contributed by atoms with Crippen LogP contribution in [-0.2, 0) is 16.0 Å². The smallest absolute Gasteiger partial charge is 0.259 e. The third kappa shape index (κ3) is 2.68. The maximum Gasteiger partial charge on any atom is 0.259 e. The molecule has 3 amide bonds. The fourth-order valence-corrected chi connectivity index (χ4v) is 5.44. The van der Waals surface area contributed by atoms with Crippen molar-refractivity contribution in [3.63, 3.8) is 0 Å². The fourth-order valence-electron chi connectivity index (χ4n) is 5.44. The van der Waals surface area contributed by atoms with E-state index in [1.807, 2.05) is 24.3 Å². The van der Waals surface area contributed by atoms with E-state index in [0.717, 1.165) is 41.5 Å². The monoisotopic (exact) mass is 425 g/mol. The normalized spacial score (nSPS) is 20.0. The van der Waals surface area contributed by atoms with Crippen LogP contribution in [0, 0.1) is 6.92 Å². The van der Waals surface area contributed by atoms with Gasteiger partial charge in [0.25, 0.3) is 5.91 Å². The van der Waals surface area contributed by atoms with Crippen molar-refractivity contribution < 1.29 is 14.4 Å². The summed E-state index contributed by atoms with van der Waals surface area (Å²) >= 11 is 0. The van der Waals surface area contributed by atoms with Crippen molar-refractivity contribution in [3.8, 4) is 0 Å². The molecule has 1 saturated heterocycles. The van der Waals surface area contributed by atoms with Gasteiger partial charge in [-0.2, -0.15) is 0 Å². The quantitative estimate of drug-likeness (QED) is 0.630. The van der Waals surface area contributed by atoms with Crippen LogP contribution in [0.3, 0.4) is 0 Å². The standard InChI is InChI=1S/C26H23N3O3/c1-15-7-9-19-16(14-15)4-3-13-28(19)20-10-8-18-24-17(20)5-2-6-21(24)29(26(18)32)22-11-12-23(30)27-25(22)31/h2,5-10,14,22H,3-4,11-13H2,1H3,(H,27,30,31). The topological polar surface area (TPSA) is 69.7 Å². The molecule has 1 atom stereocenters. The molecule has 1 fully saturated rings. The number of carbonyl (C=O) groups excluding carboxylic acids is 3. The van der Waals surface area contributed by atoms with E-state index in [0.29, 0.717) is 12.0 Å². The Morgan fingerprint density at radius 2 is 1.78 bits per heavy atom. The minimum Gasteiger partial charge on any atom is -0.341 e. The molecule has 0 aliphatic carbocycles. The summed E-state index contributed by atoms with van der Waals surface area (Å²) in [5.74, 6) is -0.859. The molecule has 1 unspecified atom stereocenters. The van der Waals surface area contributed by atoms with E-state index in [9.17, 15) is 14.4 Å². The van der Waals surface area contributed by atoms with Crippen LogP contribution in [0.2, 0.25) is 0 Å². The van der Waals surface area contributed by atoms with Gasteiger partial charge in [-0.05, 0) is 56.0 Å². The van der Waals surface area contributed by atoms with Gasteiger partial charge in [0.05, 0.1) is 11.3 Å². The summed E-state index contributed by atoms with van der Waals surface area (Å²) in [6.07, 6.45) is 2.71. The van der Waals surface area contributed by atoms with Crippen LogP contribution < -0.4 is 15.1 Å². The summed E-state index contributed by atoms with van der Waals surface area (Å²) in [7, 11) is 0. The molecule has 0 aromatic heterocycles. The van der Waals surface area contributed by atoms with Gasteiger partial charge in [-0.25, -0.2) is 0 Å². The number of fused-ring (bicyclic) bond motifs is 1. The molecule has 0 saturated carbocycles. The van der Waals surface area contributed by atoms with E-state index in [-0.39, 0.29) is 18.2 Å². The molecule has 3 aliphatic rings. The van der Waals surface area contributed by atoms with Crippen molar-refractivity contribution in [3.05, 3.63) is 65.2 Å². The lowest BCUT2D eigenvalue weighted by molar-refractivity contribution is -0.134. The summed E-state index contributed by atoms with van der Waals surface area (Å²) in [5.41, 5.74) is 6.27. The minimum absolute atomic E-state index is 0.174. The van der Waals surface area contributed by atoms with E-state index in [4.69, 9.17) is 0 Å². The predicted octanol–water partition coefficient (Wildman–Crippen LogP) is 4.00. The van der Waals surface area contributed by atoms with Crippen molar-refractivity contribution in [1.29, 1.82) is 0 Å². The number of imide groups is 1. The van der Waals surface area contributed by atoms with Gasteiger partial charge in [0.2, 0.25) is 11.8 Å². The highest BCUT2D eigenvalue weighted by atomic mass is 16.2. The van der Waals surface area contributed by atoms with Gasteiger partial charge in [-0.3, -0.25) is 24.6 Å². The molecule has 32 heavy (non-hydrogen) atoms. The van der Waals surface area contributed by atoms with Gasteiger partial charge in [0.1, 0.15) is 6.04 Å². The molecule has 3 heterocycles. The minimum atomic E-state index is -0.666. The second-order valence-electron chi connectivity index (χ2n) is 8.86. The van der Waals surface area contributed by atoms with Gasteiger partial charge in [0.15, 0.2) is 0 Å². The van der Waals surface area contributed by atoms with E-state index in [1.54, 1.807) is 4.90 Å². The second kappa shape index (κ2) is 6.92. The Labute approximate surface area is 185 Å². The van der Waals surface area contributed by atoms with Crippen molar-refractivity contribution >= 4 is 45.6 Å². The summed E-state index contributed by atoms with van der Waals surface area (Å²) < 4.78 is 0. The zero-order chi connectivity index (χ0) is 22.0. The Kier molecular flexibility index (Phi) is 4.12. The maximum absolute atomic E-state index is 13.4. The molecule has 6 rings (SSSR count). The number of aryl methyl sites for hydroxylation is 2. The zero-order valence-electron chi connectivity index (χ0n) is 17.9. The number of hydrogen-bond acceptors (Lipinski definition) is 4. The predicted molar refractivity (Wildman–Crippen MR) is 123 cm³/mol. The first-order valence-corrected chi connectivity index (χ1v) is 11.1. The third-order valence-electron chi connectivity index (χ3n) is 6.87. The molecule has 160 valence electrons. The van der Waals surface area contributed by atoms with Crippen molar-refractivity contribution in [2.45, 2.75) is 38.6 Å². The molecular weight excluding hydrogens is 402 g/mol. The number of hydrogen-bond donors (Lipinski definition) is 1. The largest absolute Gasteiger partial charge is 0.341 e. The second-order valence-corrected chi connectivity index (χ2v) is 8.86. The number of nitrogens with one attached hydrogen (secondary N) is 1. The van der Waals surface area contributed by atoms with Gasteiger partial charge in [0, 0.05) is 35.1 Å². The number of nitrogens with zero attached hydrogens (tertiary/aromatic N) is 2. The third-order valence-corrected chi connectivity index (χ3v) is 6.87. The molecule has 0 spiro atoms. The Hall–Kier alpha value is -3.67.